The molecule has 0 aliphatic carbocycles. The highest BCUT2D eigenvalue weighted by atomic mass is 32.2. The Hall–Kier alpha value is -2.74. The second kappa shape index (κ2) is 8.10. The maximum Gasteiger partial charge on any atom is 0.240 e. The van der Waals surface area contributed by atoms with Gasteiger partial charge in [-0.15, -0.1) is 0 Å². The summed E-state index contributed by atoms with van der Waals surface area (Å²) < 4.78 is 37.1. The molecule has 1 amide bonds. The zero-order valence-electron chi connectivity index (χ0n) is 16.1. The molecular formula is C20H24N2O5S. The van der Waals surface area contributed by atoms with Gasteiger partial charge < -0.3 is 14.8 Å². The van der Waals surface area contributed by atoms with E-state index in [1.807, 2.05) is 44.2 Å². The number of rotatable bonds is 6. The summed E-state index contributed by atoms with van der Waals surface area (Å²) in [6.45, 7) is 3.92. The summed E-state index contributed by atoms with van der Waals surface area (Å²) in [5, 5.41) is 2.74. The van der Waals surface area contributed by atoms with Crippen LogP contribution in [-0.4, -0.2) is 46.4 Å². The molecule has 0 spiro atoms. The Morgan fingerprint density at radius 1 is 1.18 bits per heavy atom. The number of sulfonamides is 1. The van der Waals surface area contributed by atoms with Gasteiger partial charge in [0, 0.05) is 0 Å². The van der Waals surface area contributed by atoms with Crippen LogP contribution in [0.2, 0.25) is 0 Å². The molecule has 1 aliphatic heterocycles. The van der Waals surface area contributed by atoms with Crippen molar-refractivity contribution < 1.29 is 22.7 Å². The predicted molar refractivity (Wildman–Crippen MR) is 107 cm³/mol. The minimum Gasteiger partial charge on any atom is -0.486 e. The van der Waals surface area contributed by atoms with Gasteiger partial charge in [0.05, 0.1) is 18.5 Å². The molecule has 0 aromatic heterocycles. The van der Waals surface area contributed by atoms with E-state index in [1.165, 1.54) is 0 Å². The van der Waals surface area contributed by atoms with Crippen molar-refractivity contribution in [1.29, 1.82) is 0 Å². The smallest absolute Gasteiger partial charge is 0.240 e. The van der Waals surface area contributed by atoms with E-state index >= 15 is 0 Å². The van der Waals surface area contributed by atoms with Crippen LogP contribution in [0.15, 0.2) is 42.5 Å². The maximum absolute atomic E-state index is 12.4. The fraction of sp³-hybridized carbons (Fsp3) is 0.350. The monoisotopic (exact) mass is 404 g/mol. The molecule has 150 valence electrons. The lowest BCUT2D eigenvalue weighted by atomic mass is 10.1. The summed E-state index contributed by atoms with van der Waals surface area (Å²) >= 11 is 0. The first-order valence-corrected chi connectivity index (χ1v) is 10.8. The number of carbonyl (C=O) groups is 1. The number of aryl methyl sites for hydroxylation is 2. The highest BCUT2D eigenvalue weighted by Gasteiger charge is 2.25. The fourth-order valence-electron chi connectivity index (χ4n) is 2.95. The number of nitrogens with zero attached hydrogens (tertiary/aromatic N) is 1. The van der Waals surface area contributed by atoms with Crippen LogP contribution in [0.5, 0.6) is 11.5 Å². The highest BCUT2D eigenvalue weighted by molar-refractivity contribution is 7.92. The molecule has 0 saturated carbocycles. The lowest BCUT2D eigenvalue weighted by Gasteiger charge is -2.27. The number of fused-ring (bicyclic) bond motifs is 1. The lowest BCUT2D eigenvalue weighted by molar-refractivity contribution is -0.120. The zero-order chi connectivity index (χ0) is 20.3. The highest BCUT2D eigenvalue weighted by Crippen LogP contribution is 2.30. The Morgan fingerprint density at radius 2 is 1.89 bits per heavy atom. The van der Waals surface area contributed by atoms with E-state index in [0.717, 1.165) is 21.7 Å². The summed E-state index contributed by atoms with van der Waals surface area (Å²) in [7, 11) is -3.62. The van der Waals surface area contributed by atoms with Gasteiger partial charge in [0.25, 0.3) is 0 Å². The van der Waals surface area contributed by atoms with E-state index in [0.29, 0.717) is 23.8 Å². The Kier molecular flexibility index (Phi) is 5.79. The van der Waals surface area contributed by atoms with Crippen LogP contribution in [0.25, 0.3) is 0 Å². The summed E-state index contributed by atoms with van der Waals surface area (Å²) in [4.78, 5) is 12.4. The van der Waals surface area contributed by atoms with Crippen molar-refractivity contribution in [2.45, 2.75) is 20.0 Å². The number of para-hydroxylation sites is 2. The van der Waals surface area contributed by atoms with Gasteiger partial charge in [0.15, 0.2) is 11.5 Å². The van der Waals surface area contributed by atoms with Gasteiger partial charge in [0.2, 0.25) is 15.9 Å². The summed E-state index contributed by atoms with van der Waals surface area (Å²) in [6.07, 6.45) is 0.753. The standard InChI is InChI=1S/C20H24N2O5S/c1-14-8-9-15(2)17(10-14)22(28(3,24)25)12-20(23)21-11-16-13-26-18-6-4-5-7-19(18)27-16/h4-10,16H,11-13H2,1-3H3,(H,21,23). The second-order valence-corrected chi connectivity index (χ2v) is 8.77. The number of nitrogens with one attached hydrogen (secondary N) is 1. The molecule has 1 N–H and O–H groups in total. The van der Waals surface area contributed by atoms with Crippen molar-refractivity contribution in [3.05, 3.63) is 53.6 Å². The van der Waals surface area contributed by atoms with Crippen LogP contribution < -0.4 is 19.1 Å². The first-order chi connectivity index (χ1) is 13.2. The Balaban J connectivity index is 1.64. The number of amides is 1. The van der Waals surface area contributed by atoms with Crippen molar-refractivity contribution in [2.24, 2.45) is 0 Å². The van der Waals surface area contributed by atoms with Gasteiger partial charge in [-0.1, -0.05) is 24.3 Å². The molecule has 2 aromatic carbocycles. The third-order valence-electron chi connectivity index (χ3n) is 4.42. The number of benzene rings is 2. The predicted octanol–water partition coefficient (Wildman–Crippen LogP) is 2.03. The summed E-state index contributed by atoms with van der Waals surface area (Å²) in [5.41, 5.74) is 2.20. The zero-order valence-corrected chi connectivity index (χ0v) is 17.0. The lowest BCUT2D eigenvalue weighted by Crippen LogP contribution is -2.45. The van der Waals surface area contributed by atoms with E-state index in [-0.39, 0.29) is 19.2 Å². The molecule has 1 aliphatic rings. The number of carbonyl (C=O) groups excluding carboxylic acids is 1. The van der Waals surface area contributed by atoms with Crippen LogP contribution >= 0.6 is 0 Å². The van der Waals surface area contributed by atoms with Gasteiger partial charge >= 0.3 is 0 Å². The normalized spacial score (nSPS) is 15.8. The summed E-state index contributed by atoms with van der Waals surface area (Å²) in [5.74, 6) is 0.887. The summed E-state index contributed by atoms with van der Waals surface area (Å²) in [6, 6.07) is 12.8. The molecule has 8 heteroatoms. The molecule has 0 bridgehead atoms. The number of anilines is 1. The van der Waals surface area contributed by atoms with E-state index < -0.39 is 15.9 Å². The molecule has 0 fully saturated rings. The third kappa shape index (κ3) is 4.75. The van der Waals surface area contributed by atoms with Gasteiger partial charge in [-0.05, 0) is 43.2 Å². The molecule has 0 saturated heterocycles. The second-order valence-electron chi connectivity index (χ2n) is 6.86. The van der Waals surface area contributed by atoms with E-state index in [4.69, 9.17) is 9.47 Å². The van der Waals surface area contributed by atoms with E-state index in [9.17, 15) is 13.2 Å². The third-order valence-corrected chi connectivity index (χ3v) is 5.54. The molecule has 1 heterocycles. The molecule has 0 radical (unpaired) electrons. The molecule has 2 aromatic rings. The molecular weight excluding hydrogens is 380 g/mol. The van der Waals surface area contributed by atoms with Gasteiger partial charge in [-0.2, -0.15) is 0 Å². The van der Waals surface area contributed by atoms with E-state index in [1.54, 1.807) is 12.1 Å². The molecule has 7 nitrogen and oxygen atoms in total. The van der Waals surface area contributed by atoms with Crippen LogP contribution in [0.3, 0.4) is 0 Å². The van der Waals surface area contributed by atoms with Gasteiger partial charge in [-0.25, -0.2) is 8.42 Å². The average Bonchev–Trinajstić information content (AvgIpc) is 2.65. The minimum atomic E-state index is -3.62. The first kappa shape index (κ1) is 20.0. The largest absolute Gasteiger partial charge is 0.486 e. The Labute approximate surface area is 165 Å². The quantitative estimate of drug-likeness (QED) is 0.796. The topological polar surface area (TPSA) is 84.9 Å². The average molecular weight is 404 g/mol. The minimum absolute atomic E-state index is 0.220. The van der Waals surface area contributed by atoms with Crippen molar-refractivity contribution in [3.63, 3.8) is 0 Å². The molecule has 28 heavy (non-hydrogen) atoms. The van der Waals surface area contributed by atoms with Crippen LogP contribution in [-0.2, 0) is 14.8 Å². The van der Waals surface area contributed by atoms with Crippen molar-refractivity contribution in [1.82, 2.24) is 5.32 Å². The molecule has 1 atom stereocenters. The maximum atomic E-state index is 12.4. The first-order valence-electron chi connectivity index (χ1n) is 8.94. The van der Waals surface area contributed by atoms with Crippen molar-refractivity contribution >= 4 is 21.6 Å². The SMILES string of the molecule is Cc1ccc(C)c(N(CC(=O)NCC2COc3ccccc3O2)S(C)(=O)=O)c1. The fourth-order valence-corrected chi connectivity index (χ4v) is 3.85. The number of hydrogen-bond donors (Lipinski definition) is 1. The van der Waals surface area contributed by atoms with Gasteiger partial charge in [-0.3, -0.25) is 9.10 Å². The van der Waals surface area contributed by atoms with Crippen LogP contribution in [0.4, 0.5) is 5.69 Å². The molecule has 3 rings (SSSR count). The van der Waals surface area contributed by atoms with Crippen LogP contribution in [0, 0.1) is 13.8 Å². The van der Waals surface area contributed by atoms with Crippen molar-refractivity contribution in [3.8, 4) is 11.5 Å². The van der Waals surface area contributed by atoms with Crippen LogP contribution in [0.1, 0.15) is 11.1 Å². The Bertz CT molecular complexity index is 974. The van der Waals surface area contributed by atoms with E-state index in [2.05, 4.69) is 5.32 Å². The number of hydrogen-bond acceptors (Lipinski definition) is 5. The number of ether oxygens (including phenoxy) is 2. The molecule has 1 unspecified atom stereocenters. The van der Waals surface area contributed by atoms with Gasteiger partial charge in [0.1, 0.15) is 19.3 Å². The Morgan fingerprint density at radius 3 is 2.61 bits per heavy atom. The van der Waals surface area contributed by atoms with Crippen molar-refractivity contribution in [2.75, 3.05) is 30.3 Å².